The molecule has 3 aromatic rings. The van der Waals surface area contributed by atoms with E-state index in [4.69, 9.17) is 0 Å². The van der Waals surface area contributed by atoms with Gasteiger partial charge in [0.15, 0.2) is 0 Å². The van der Waals surface area contributed by atoms with E-state index in [1.54, 1.807) is 0 Å². The maximum Gasteiger partial charge on any atom is 0.432 e. The van der Waals surface area contributed by atoms with Crippen molar-refractivity contribution in [2.24, 2.45) is 0 Å². The average molecular weight is 412 g/mol. The number of benzene rings is 3. The maximum atomic E-state index is 13.8. The van der Waals surface area contributed by atoms with Crippen LogP contribution in [0.1, 0.15) is 22.3 Å². The fourth-order valence-electron chi connectivity index (χ4n) is 2.29. The predicted octanol–water partition coefficient (Wildman–Crippen LogP) is 6.98. The summed E-state index contributed by atoms with van der Waals surface area (Å²) in [6.45, 7) is 5.29. The van der Waals surface area contributed by atoms with Crippen LogP contribution in [0.15, 0.2) is 54.6 Å². The lowest BCUT2D eigenvalue weighted by atomic mass is 10.1. The van der Waals surface area contributed by atoms with E-state index in [1.807, 2.05) is 0 Å². The Morgan fingerprint density at radius 1 is 0.655 bits per heavy atom. The third kappa shape index (κ3) is 5.76. The molecule has 0 N–H and O–H groups in total. The zero-order chi connectivity index (χ0) is 21.8. The molecule has 0 spiro atoms. The van der Waals surface area contributed by atoms with E-state index in [2.05, 4.69) is 42.8 Å². The normalized spacial score (nSPS) is 10.9. The molecule has 0 fully saturated rings. The van der Waals surface area contributed by atoms with E-state index in [-0.39, 0.29) is 5.56 Å². The lowest BCUT2D eigenvalue weighted by molar-refractivity contribution is -0.189. The highest BCUT2D eigenvalue weighted by Gasteiger charge is 2.41. The van der Waals surface area contributed by atoms with Gasteiger partial charge in [-0.2, -0.15) is 8.78 Å². The summed E-state index contributed by atoms with van der Waals surface area (Å²) in [5.74, 6) is -6.19. The van der Waals surface area contributed by atoms with Crippen LogP contribution in [-0.4, -0.2) is 0 Å². The molecule has 0 atom stereocenters. The molecule has 0 unspecified atom stereocenters. The first-order valence-corrected chi connectivity index (χ1v) is 8.51. The summed E-state index contributed by atoms with van der Waals surface area (Å²) in [5.41, 5.74) is 0.639. The third-order valence-electron chi connectivity index (χ3n) is 3.97. The van der Waals surface area contributed by atoms with Crippen LogP contribution in [0.4, 0.5) is 26.3 Å². The standard InChI is InChI=1S/C14H8F6O.C8H10/c1-7-11(17)5-8(6-12(7)18)21-14(19,20)13-9(15)3-2-4-10(13)16;1-7-3-5-8(2)6-4-7/h2-6H,1H3;3-6H,1-2H3. The maximum absolute atomic E-state index is 13.8. The van der Waals surface area contributed by atoms with Crippen LogP contribution in [-0.2, 0) is 6.11 Å². The Morgan fingerprint density at radius 2 is 1.07 bits per heavy atom. The van der Waals surface area contributed by atoms with E-state index in [0.29, 0.717) is 24.3 Å². The Balaban J connectivity index is 0.000000313. The predicted molar refractivity (Wildman–Crippen MR) is 97.9 cm³/mol. The minimum absolute atomic E-state index is 0.386. The molecule has 1 nitrogen and oxygen atoms in total. The first-order valence-electron chi connectivity index (χ1n) is 8.51. The van der Waals surface area contributed by atoms with E-state index < -0.39 is 40.7 Å². The Hall–Kier alpha value is -2.96. The molecule has 3 rings (SSSR count). The van der Waals surface area contributed by atoms with Gasteiger partial charge in [0, 0.05) is 17.7 Å². The zero-order valence-corrected chi connectivity index (χ0v) is 15.9. The van der Waals surface area contributed by atoms with Gasteiger partial charge in [0.05, 0.1) is 0 Å². The second kappa shape index (κ2) is 9.03. The van der Waals surface area contributed by atoms with Crippen molar-refractivity contribution in [1.82, 2.24) is 0 Å². The third-order valence-corrected chi connectivity index (χ3v) is 3.97. The molecular weight excluding hydrogens is 394 g/mol. The largest absolute Gasteiger partial charge is 0.432 e. The quantitative estimate of drug-likeness (QED) is 0.422. The van der Waals surface area contributed by atoms with Gasteiger partial charge >= 0.3 is 6.11 Å². The molecule has 0 saturated heterocycles. The van der Waals surface area contributed by atoms with Crippen molar-refractivity contribution in [3.63, 3.8) is 0 Å². The molecule has 0 aliphatic carbocycles. The van der Waals surface area contributed by atoms with Crippen molar-refractivity contribution in [2.45, 2.75) is 26.9 Å². The topological polar surface area (TPSA) is 9.23 Å². The molecule has 154 valence electrons. The van der Waals surface area contributed by atoms with Crippen molar-refractivity contribution in [3.05, 3.63) is 100 Å². The Bertz CT molecular complexity index is 919. The van der Waals surface area contributed by atoms with Gasteiger partial charge in [-0.3, -0.25) is 0 Å². The zero-order valence-electron chi connectivity index (χ0n) is 15.9. The molecule has 0 aromatic heterocycles. The molecule has 3 aromatic carbocycles. The lowest BCUT2D eigenvalue weighted by Gasteiger charge is -2.19. The summed E-state index contributed by atoms with van der Waals surface area (Å²) < 4.78 is 84.8. The highest BCUT2D eigenvalue weighted by molar-refractivity contribution is 5.31. The fraction of sp³-hybridized carbons (Fsp3) is 0.182. The van der Waals surface area contributed by atoms with Gasteiger partial charge in [0.25, 0.3) is 0 Å². The van der Waals surface area contributed by atoms with E-state index in [1.165, 1.54) is 11.1 Å². The number of hydrogen-bond donors (Lipinski definition) is 0. The lowest BCUT2D eigenvalue weighted by Crippen LogP contribution is -2.25. The smallest absolute Gasteiger partial charge is 0.429 e. The summed E-state index contributed by atoms with van der Waals surface area (Å²) in [6, 6.07) is 11.6. The van der Waals surface area contributed by atoms with Crippen LogP contribution in [0.5, 0.6) is 5.75 Å². The first-order chi connectivity index (χ1) is 13.5. The molecular formula is C22H18F6O. The van der Waals surface area contributed by atoms with Crippen molar-refractivity contribution in [2.75, 3.05) is 0 Å². The number of rotatable bonds is 3. The number of hydrogen-bond acceptors (Lipinski definition) is 1. The van der Waals surface area contributed by atoms with Crippen molar-refractivity contribution in [3.8, 4) is 5.75 Å². The molecule has 0 aliphatic heterocycles. The number of halogens is 6. The summed E-state index contributed by atoms with van der Waals surface area (Å²) >= 11 is 0. The van der Waals surface area contributed by atoms with Crippen LogP contribution in [0.2, 0.25) is 0 Å². The summed E-state index contributed by atoms with van der Waals surface area (Å²) in [5, 5.41) is 0. The molecule has 0 aliphatic rings. The molecule has 0 saturated carbocycles. The highest BCUT2D eigenvalue weighted by atomic mass is 19.3. The number of alkyl halides is 2. The molecule has 0 bridgehead atoms. The minimum atomic E-state index is -4.43. The van der Waals surface area contributed by atoms with Gasteiger partial charge in [-0.25, -0.2) is 17.6 Å². The van der Waals surface area contributed by atoms with E-state index in [9.17, 15) is 26.3 Å². The van der Waals surface area contributed by atoms with Crippen molar-refractivity contribution < 1.29 is 31.1 Å². The molecule has 7 heteroatoms. The van der Waals surface area contributed by atoms with Crippen LogP contribution < -0.4 is 4.74 Å². The number of aryl methyl sites for hydroxylation is 2. The molecule has 0 radical (unpaired) electrons. The van der Waals surface area contributed by atoms with Crippen molar-refractivity contribution in [1.29, 1.82) is 0 Å². The van der Waals surface area contributed by atoms with Gasteiger partial charge in [0.2, 0.25) is 0 Å². The van der Waals surface area contributed by atoms with Crippen LogP contribution >= 0.6 is 0 Å². The second-order valence-electron chi connectivity index (χ2n) is 6.38. The summed E-state index contributed by atoms with van der Waals surface area (Å²) in [6.07, 6.45) is -4.43. The Kier molecular flexibility index (Phi) is 6.95. The monoisotopic (exact) mass is 412 g/mol. The van der Waals surface area contributed by atoms with Gasteiger partial charge < -0.3 is 4.74 Å². The average Bonchev–Trinajstić information content (AvgIpc) is 2.62. The van der Waals surface area contributed by atoms with Gasteiger partial charge in [-0.05, 0) is 32.9 Å². The van der Waals surface area contributed by atoms with E-state index >= 15 is 0 Å². The minimum Gasteiger partial charge on any atom is -0.429 e. The van der Waals surface area contributed by atoms with Gasteiger partial charge in [-0.1, -0.05) is 41.5 Å². The molecule has 0 amide bonds. The van der Waals surface area contributed by atoms with Crippen LogP contribution in [0.25, 0.3) is 0 Å². The molecule has 29 heavy (non-hydrogen) atoms. The first kappa shape index (κ1) is 22.3. The molecule has 0 heterocycles. The van der Waals surface area contributed by atoms with Crippen molar-refractivity contribution >= 4 is 0 Å². The summed E-state index contributed by atoms with van der Waals surface area (Å²) in [7, 11) is 0. The van der Waals surface area contributed by atoms with Gasteiger partial charge in [0.1, 0.15) is 34.6 Å². The van der Waals surface area contributed by atoms with Crippen LogP contribution in [0, 0.1) is 44.0 Å². The SMILES string of the molecule is Cc1c(F)cc(OC(F)(F)c2c(F)cccc2F)cc1F.Cc1ccc(C)cc1. The number of ether oxygens (including phenoxy) is 1. The summed E-state index contributed by atoms with van der Waals surface area (Å²) in [4.78, 5) is 0. The van der Waals surface area contributed by atoms with Crippen LogP contribution in [0.3, 0.4) is 0 Å². The van der Waals surface area contributed by atoms with Gasteiger partial charge in [-0.15, -0.1) is 0 Å². The fourth-order valence-corrected chi connectivity index (χ4v) is 2.29. The second-order valence-corrected chi connectivity index (χ2v) is 6.38. The highest BCUT2D eigenvalue weighted by Crippen LogP contribution is 2.35. The Morgan fingerprint density at radius 3 is 1.48 bits per heavy atom. The Labute approximate surface area is 164 Å². The van der Waals surface area contributed by atoms with E-state index in [0.717, 1.165) is 13.0 Å².